The molecule has 0 saturated carbocycles. The number of rotatable bonds is 5. The maximum Gasteiger partial charge on any atom is 0.261 e. The summed E-state index contributed by atoms with van der Waals surface area (Å²) >= 11 is 0. The minimum absolute atomic E-state index is 0.0660. The second-order valence-corrected chi connectivity index (χ2v) is 6.03. The minimum Gasteiger partial charge on any atom is -0.399 e. The lowest BCUT2D eigenvalue weighted by Gasteiger charge is -2.09. The van der Waals surface area contributed by atoms with Crippen LogP contribution < -0.4 is 10.5 Å². The Morgan fingerprint density at radius 2 is 1.60 bits per heavy atom. The van der Waals surface area contributed by atoms with Crippen LogP contribution in [0.25, 0.3) is 0 Å². The zero-order chi connectivity index (χ0) is 14.6. The number of nitrogens with one attached hydrogen (secondary N) is 1. The molecule has 0 aliphatic heterocycles. The molecule has 0 heterocycles. The predicted octanol–water partition coefficient (Wildman–Crippen LogP) is 1.60. The van der Waals surface area contributed by atoms with Gasteiger partial charge < -0.3 is 10.8 Å². The van der Waals surface area contributed by atoms with E-state index in [2.05, 4.69) is 4.72 Å². The molecule has 106 valence electrons. The Balaban J connectivity index is 2.17. The van der Waals surface area contributed by atoms with E-state index in [9.17, 15) is 8.42 Å². The Kier molecular flexibility index (Phi) is 4.26. The van der Waals surface area contributed by atoms with Crippen LogP contribution >= 0.6 is 0 Å². The van der Waals surface area contributed by atoms with Crippen molar-refractivity contribution < 1.29 is 13.5 Å². The van der Waals surface area contributed by atoms with Crippen LogP contribution in [0.5, 0.6) is 0 Å². The highest BCUT2D eigenvalue weighted by atomic mass is 32.2. The summed E-state index contributed by atoms with van der Waals surface area (Å²) < 4.78 is 26.8. The van der Waals surface area contributed by atoms with Crippen molar-refractivity contribution in [2.75, 3.05) is 17.1 Å². The lowest BCUT2D eigenvalue weighted by Crippen LogP contribution is -2.12. The molecule has 0 aliphatic carbocycles. The summed E-state index contributed by atoms with van der Waals surface area (Å²) in [7, 11) is -3.61. The van der Waals surface area contributed by atoms with E-state index in [1.807, 2.05) is 0 Å². The molecule has 20 heavy (non-hydrogen) atoms. The van der Waals surface area contributed by atoms with E-state index in [1.54, 1.807) is 36.4 Å². The van der Waals surface area contributed by atoms with Gasteiger partial charge in [-0.05, 0) is 48.4 Å². The SMILES string of the molecule is Nc1ccc(S(=O)(=O)Nc2ccc(CCO)cc2)cc1. The number of benzene rings is 2. The average molecular weight is 292 g/mol. The highest BCUT2D eigenvalue weighted by Gasteiger charge is 2.13. The molecule has 2 rings (SSSR count). The first-order chi connectivity index (χ1) is 9.51. The summed E-state index contributed by atoms with van der Waals surface area (Å²) in [6.45, 7) is 0.0660. The van der Waals surface area contributed by atoms with Crippen LogP contribution in [0.3, 0.4) is 0 Å². The largest absolute Gasteiger partial charge is 0.399 e. The van der Waals surface area contributed by atoms with Crippen LogP contribution in [0.15, 0.2) is 53.4 Å². The van der Waals surface area contributed by atoms with Crippen LogP contribution in [0, 0.1) is 0 Å². The predicted molar refractivity (Wildman–Crippen MR) is 78.9 cm³/mol. The molecule has 0 aromatic heterocycles. The number of nitrogens with two attached hydrogens (primary N) is 1. The number of hydrogen-bond donors (Lipinski definition) is 3. The topological polar surface area (TPSA) is 92.4 Å². The fourth-order valence-corrected chi connectivity index (χ4v) is 2.79. The molecule has 2 aromatic rings. The van der Waals surface area contributed by atoms with Gasteiger partial charge in [0.05, 0.1) is 4.90 Å². The van der Waals surface area contributed by atoms with Gasteiger partial charge in [0.2, 0.25) is 0 Å². The van der Waals surface area contributed by atoms with Crippen molar-refractivity contribution in [3.8, 4) is 0 Å². The molecule has 2 aromatic carbocycles. The van der Waals surface area contributed by atoms with Crippen molar-refractivity contribution >= 4 is 21.4 Å². The lowest BCUT2D eigenvalue weighted by atomic mass is 10.1. The van der Waals surface area contributed by atoms with Gasteiger partial charge in [0, 0.05) is 18.0 Å². The van der Waals surface area contributed by atoms with Gasteiger partial charge in [-0.25, -0.2) is 8.42 Å². The molecule has 5 nitrogen and oxygen atoms in total. The van der Waals surface area contributed by atoms with E-state index in [4.69, 9.17) is 10.8 Å². The molecule has 0 saturated heterocycles. The molecule has 0 bridgehead atoms. The van der Waals surface area contributed by atoms with Gasteiger partial charge in [-0.2, -0.15) is 0 Å². The highest BCUT2D eigenvalue weighted by Crippen LogP contribution is 2.17. The molecule has 4 N–H and O–H groups in total. The van der Waals surface area contributed by atoms with Crippen LogP contribution in [-0.2, 0) is 16.4 Å². The first-order valence-electron chi connectivity index (χ1n) is 6.09. The van der Waals surface area contributed by atoms with Crippen LogP contribution in [0.4, 0.5) is 11.4 Å². The van der Waals surface area contributed by atoms with Crippen molar-refractivity contribution in [3.05, 3.63) is 54.1 Å². The average Bonchev–Trinajstić information content (AvgIpc) is 2.41. The van der Waals surface area contributed by atoms with Crippen molar-refractivity contribution in [2.24, 2.45) is 0 Å². The van der Waals surface area contributed by atoms with E-state index in [0.29, 0.717) is 17.8 Å². The van der Waals surface area contributed by atoms with Crippen LogP contribution in [-0.4, -0.2) is 20.1 Å². The van der Waals surface area contributed by atoms with Gasteiger partial charge in [-0.1, -0.05) is 12.1 Å². The molecule has 0 aliphatic rings. The molecule has 0 amide bonds. The molecule has 0 spiro atoms. The number of aliphatic hydroxyl groups is 1. The Bertz CT molecular complexity index is 665. The number of aliphatic hydroxyl groups excluding tert-OH is 1. The maximum atomic E-state index is 12.1. The quantitative estimate of drug-likeness (QED) is 0.730. The molecule has 0 unspecified atom stereocenters. The fraction of sp³-hybridized carbons (Fsp3) is 0.143. The van der Waals surface area contributed by atoms with Gasteiger partial charge in [-0.15, -0.1) is 0 Å². The Labute approximate surface area is 118 Å². The van der Waals surface area contributed by atoms with Gasteiger partial charge in [0.1, 0.15) is 0 Å². The van der Waals surface area contributed by atoms with E-state index in [0.717, 1.165) is 5.56 Å². The third-order valence-electron chi connectivity index (χ3n) is 2.80. The lowest BCUT2D eigenvalue weighted by molar-refractivity contribution is 0.299. The van der Waals surface area contributed by atoms with Crippen molar-refractivity contribution in [2.45, 2.75) is 11.3 Å². The van der Waals surface area contributed by atoms with Crippen molar-refractivity contribution in [1.82, 2.24) is 0 Å². The van der Waals surface area contributed by atoms with Gasteiger partial charge in [0.25, 0.3) is 10.0 Å². The Morgan fingerprint density at radius 3 is 2.15 bits per heavy atom. The molecule has 0 fully saturated rings. The van der Waals surface area contributed by atoms with Crippen molar-refractivity contribution in [1.29, 1.82) is 0 Å². The number of hydrogen-bond acceptors (Lipinski definition) is 4. The van der Waals surface area contributed by atoms with E-state index < -0.39 is 10.0 Å². The number of sulfonamides is 1. The third-order valence-corrected chi connectivity index (χ3v) is 4.19. The first-order valence-corrected chi connectivity index (χ1v) is 7.58. The highest BCUT2D eigenvalue weighted by molar-refractivity contribution is 7.92. The van der Waals surface area contributed by atoms with Gasteiger partial charge in [-0.3, -0.25) is 4.72 Å². The summed E-state index contributed by atoms with van der Waals surface area (Å²) in [6, 6.07) is 12.9. The second kappa shape index (κ2) is 5.94. The minimum atomic E-state index is -3.61. The Morgan fingerprint density at radius 1 is 1.00 bits per heavy atom. The monoisotopic (exact) mass is 292 g/mol. The summed E-state index contributed by atoms with van der Waals surface area (Å²) in [6.07, 6.45) is 0.547. The summed E-state index contributed by atoms with van der Waals surface area (Å²) in [4.78, 5) is 0.158. The standard InChI is InChI=1S/C14H16N2O3S/c15-12-3-7-14(8-4-12)20(18,19)16-13-5-1-11(2-6-13)9-10-17/h1-8,16-17H,9-10,15H2. The molecular weight excluding hydrogens is 276 g/mol. The van der Waals surface area contributed by atoms with Gasteiger partial charge >= 0.3 is 0 Å². The second-order valence-electron chi connectivity index (χ2n) is 4.35. The summed E-state index contributed by atoms with van der Waals surface area (Å²) in [5.74, 6) is 0. The normalized spacial score (nSPS) is 11.2. The molecule has 6 heteroatoms. The van der Waals surface area contributed by atoms with Crippen molar-refractivity contribution in [3.63, 3.8) is 0 Å². The molecule has 0 radical (unpaired) electrons. The van der Waals surface area contributed by atoms with E-state index >= 15 is 0 Å². The molecular formula is C14H16N2O3S. The zero-order valence-corrected chi connectivity index (χ0v) is 11.6. The zero-order valence-electron chi connectivity index (χ0n) is 10.8. The third kappa shape index (κ3) is 3.49. The first kappa shape index (κ1) is 14.4. The Hall–Kier alpha value is -2.05. The number of anilines is 2. The fourth-order valence-electron chi connectivity index (χ4n) is 1.73. The van der Waals surface area contributed by atoms with E-state index in [1.165, 1.54) is 12.1 Å². The van der Waals surface area contributed by atoms with Gasteiger partial charge in [0.15, 0.2) is 0 Å². The summed E-state index contributed by atoms with van der Waals surface area (Å²) in [5.41, 5.74) is 7.47. The van der Waals surface area contributed by atoms with E-state index in [-0.39, 0.29) is 11.5 Å². The van der Waals surface area contributed by atoms with Crippen LogP contribution in [0.1, 0.15) is 5.56 Å². The molecule has 0 atom stereocenters. The van der Waals surface area contributed by atoms with Crippen LogP contribution in [0.2, 0.25) is 0 Å². The summed E-state index contributed by atoms with van der Waals surface area (Å²) in [5, 5.41) is 8.82. The smallest absolute Gasteiger partial charge is 0.261 e. The maximum absolute atomic E-state index is 12.1. The number of nitrogen functional groups attached to an aromatic ring is 1.